The Morgan fingerprint density at radius 3 is 2.63 bits per heavy atom. The fraction of sp³-hybridized carbons (Fsp3) is 0.684. The molecule has 146 valence electrons. The molecule has 1 aromatic heterocycles. The summed E-state index contributed by atoms with van der Waals surface area (Å²) < 4.78 is 60.8. The van der Waals surface area contributed by atoms with Gasteiger partial charge in [0.05, 0.1) is 29.1 Å². The van der Waals surface area contributed by atoms with Crippen LogP contribution in [0.2, 0.25) is 0 Å². The topological polar surface area (TPSA) is 42.4 Å². The van der Waals surface area contributed by atoms with Crippen LogP contribution in [0.15, 0.2) is 6.20 Å². The largest absolute Gasteiger partial charge is 0.485 e. The molecule has 0 N–H and O–H groups in total. The summed E-state index contributed by atoms with van der Waals surface area (Å²) >= 11 is 0. The molecule has 5 rings (SSSR count). The van der Waals surface area contributed by atoms with E-state index in [0.29, 0.717) is 12.0 Å². The molecular weight excluding hydrogens is 364 g/mol. The predicted molar refractivity (Wildman–Crippen MR) is 86.4 cm³/mol. The van der Waals surface area contributed by atoms with Gasteiger partial charge >= 0.3 is 6.18 Å². The van der Waals surface area contributed by atoms with E-state index in [4.69, 9.17) is 4.74 Å². The minimum Gasteiger partial charge on any atom is -0.485 e. The smallest absolute Gasteiger partial charge is 0.394 e. The predicted octanol–water partition coefficient (Wildman–Crippen LogP) is 4.08. The zero-order valence-corrected chi connectivity index (χ0v) is 14.9. The zero-order chi connectivity index (χ0) is 19.2. The Bertz CT molecular complexity index is 830. The van der Waals surface area contributed by atoms with Gasteiger partial charge in [0.15, 0.2) is 11.6 Å². The van der Waals surface area contributed by atoms with Crippen molar-refractivity contribution in [1.29, 1.82) is 0 Å². The van der Waals surface area contributed by atoms with E-state index in [1.54, 1.807) is 11.8 Å². The highest BCUT2D eigenvalue weighted by Gasteiger charge is 2.69. The molecule has 2 saturated carbocycles. The highest BCUT2D eigenvalue weighted by Crippen LogP contribution is 2.68. The van der Waals surface area contributed by atoms with Crippen LogP contribution >= 0.6 is 0 Å². The van der Waals surface area contributed by atoms with Gasteiger partial charge in [0.1, 0.15) is 6.10 Å². The molecule has 0 aromatic carbocycles. The van der Waals surface area contributed by atoms with Gasteiger partial charge in [0.2, 0.25) is 5.91 Å². The summed E-state index contributed by atoms with van der Waals surface area (Å²) in [5.74, 6) is -0.609. The number of amides is 1. The summed E-state index contributed by atoms with van der Waals surface area (Å²) in [6, 6.07) is -0.371. The van der Waals surface area contributed by atoms with Crippen LogP contribution in [0.4, 0.5) is 17.6 Å². The lowest BCUT2D eigenvalue weighted by molar-refractivity contribution is -0.220. The van der Waals surface area contributed by atoms with Crippen molar-refractivity contribution >= 4 is 5.91 Å². The van der Waals surface area contributed by atoms with Crippen molar-refractivity contribution in [2.24, 2.45) is 10.8 Å². The van der Waals surface area contributed by atoms with Gasteiger partial charge in [-0.25, -0.2) is 4.39 Å². The number of likely N-dealkylation sites (tertiary alicyclic amines) is 1. The Labute approximate surface area is 153 Å². The molecule has 2 aliphatic heterocycles. The van der Waals surface area contributed by atoms with Crippen LogP contribution in [-0.2, 0) is 4.79 Å². The zero-order valence-electron chi connectivity index (χ0n) is 14.9. The lowest BCUT2D eigenvalue weighted by Gasteiger charge is -2.34. The molecule has 2 aliphatic carbocycles. The maximum Gasteiger partial charge on any atom is 0.394 e. The first-order valence-corrected chi connectivity index (χ1v) is 9.35. The number of aryl methyl sites for hydroxylation is 1. The first-order chi connectivity index (χ1) is 12.7. The maximum absolute atomic E-state index is 14.4. The molecule has 1 aromatic rings. The third kappa shape index (κ3) is 2.15. The van der Waals surface area contributed by atoms with Gasteiger partial charge in [-0.2, -0.15) is 13.2 Å². The van der Waals surface area contributed by atoms with Gasteiger partial charge in [-0.05, 0) is 39.0 Å². The van der Waals surface area contributed by atoms with Gasteiger partial charge in [-0.15, -0.1) is 0 Å². The highest BCUT2D eigenvalue weighted by molar-refractivity contribution is 5.85. The highest BCUT2D eigenvalue weighted by atomic mass is 19.4. The Morgan fingerprint density at radius 1 is 1.30 bits per heavy atom. The molecule has 4 aliphatic rings. The first-order valence-electron chi connectivity index (χ1n) is 9.35. The third-order valence-electron chi connectivity index (χ3n) is 7.24. The lowest BCUT2D eigenvalue weighted by atomic mass is 9.81. The number of hydrogen-bond donors (Lipinski definition) is 0. The van der Waals surface area contributed by atoms with Crippen molar-refractivity contribution in [3.8, 4) is 5.75 Å². The van der Waals surface area contributed by atoms with E-state index in [-0.39, 0.29) is 68.1 Å². The Kier molecular flexibility index (Phi) is 3.29. The molecule has 3 fully saturated rings. The summed E-state index contributed by atoms with van der Waals surface area (Å²) in [6.45, 7) is 1.84. The van der Waals surface area contributed by atoms with E-state index in [1.807, 2.05) is 0 Å². The van der Waals surface area contributed by atoms with Crippen LogP contribution < -0.4 is 4.74 Å². The first kappa shape index (κ1) is 17.3. The van der Waals surface area contributed by atoms with E-state index >= 15 is 0 Å². The molecule has 2 atom stereocenters. The average molecular weight is 384 g/mol. The van der Waals surface area contributed by atoms with E-state index in [1.165, 1.54) is 6.20 Å². The quantitative estimate of drug-likeness (QED) is 0.686. The number of aromatic nitrogens is 1. The van der Waals surface area contributed by atoms with E-state index in [9.17, 15) is 22.4 Å². The van der Waals surface area contributed by atoms with Crippen LogP contribution in [0.5, 0.6) is 5.75 Å². The van der Waals surface area contributed by atoms with Crippen molar-refractivity contribution in [2.45, 2.75) is 63.8 Å². The Balaban J connectivity index is 1.47. The second-order valence-corrected chi connectivity index (χ2v) is 8.63. The molecule has 4 bridgehead atoms. The standard InChI is InChI=1S/C19H20F4N2O2/c1-10-14(20)15-12(7-24-10)13-6-11(27-15)8-25(13)16(26)17-2-4-18(9-17,5-3-17)19(21,22)23/h7,11,13H,2-6,8-9H2,1H3/t11-,13-,17?,18?/m0/s1. The van der Waals surface area contributed by atoms with Crippen LogP contribution in [0.1, 0.15) is 55.8 Å². The molecule has 0 radical (unpaired) electrons. The summed E-state index contributed by atoms with van der Waals surface area (Å²) in [5.41, 5.74) is -1.90. The Morgan fingerprint density at radius 2 is 2.00 bits per heavy atom. The number of fused-ring (bicyclic) bond motifs is 6. The lowest BCUT2D eigenvalue weighted by Crippen LogP contribution is -2.41. The minimum atomic E-state index is -4.27. The molecular formula is C19H20F4N2O2. The van der Waals surface area contributed by atoms with Crippen molar-refractivity contribution < 1.29 is 27.1 Å². The van der Waals surface area contributed by atoms with Gasteiger partial charge in [-0.1, -0.05) is 0 Å². The number of alkyl halides is 3. The van der Waals surface area contributed by atoms with Crippen molar-refractivity contribution in [3.05, 3.63) is 23.3 Å². The number of halogens is 4. The summed E-state index contributed by atoms with van der Waals surface area (Å²) in [6.07, 6.45) is -2.07. The molecule has 3 heterocycles. The number of ether oxygens (including phenoxy) is 1. The van der Waals surface area contributed by atoms with Crippen LogP contribution in [-0.4, -0.2) is 34.6 Å². The van der Waals surface area contributed by atoms with Crippen LogP contribution in [0.3, 0.4) is 0 Å². The number of carbonyl (C=O) groups excluding carboxylic acids is 1. The van der Waals surface area contributed by atoms with Gasteiger partial charge < -0.3 is 9.64 Å². The molecule has 8 heteroatoms. The van der Waals surface area contributed by atoms with Gasteiger partial charge in [0, 0.05) is 18.2 Å². The molecule has 1 amide bonds. The normalized spacial score (nSPS) is 36.7. The van der Waals surface area contributed by atoms with Gasteiger partial charge in [-0.3, -0.25) is 9.78 Å². The minimum absolute atomic E-state index is 0.0205. The average Bonchev–Trinajstić information content (AvgIpc) is 3.30. The summed E-state index contributed by atoms with van der Waals surface area (Å²) in [7, 11) is 0. The fourth-order valence-corrected chi connectivity index (χ4v) is 5.68. The number of rotatable bonds is 1. The monoisotopic (exact) mass is 384 g/mol. The Hall–Kier alpha value is -1.86. The maximum atomic E-state index is 14.4. The number of pyridine rings is 1. The second kappa shape index (κ2) is 5.14. The van der Waals surface area contributed by atoms with Crippen molar-refractivity contribution in [3.63, 3.8) is 0 Å². The van der Waals surface area contributed by atoms with E-state index in [0.717, 1.165) is 0 Å². The molecule has 1 saturated heterocycles. The van der Waals surface area contributed by atoms with Crippen LogP contribution in [0, 0.1) is 23.6 Å². The molecule has 0 spiro atoms. The third-order valence-corrected chi connectivity index (χ3v) is 7.24. The van der Waals surface area contributed by atoms with Crippen molar-refractivity contribution in [1.82, 2.24) is 9.88 Å². The van der Waals surface area contributed by atoms with Gasteiger partial charge in [0.25, 0.3) is 0 Å². The van der Waals surface area contributed by atoms with E-state index < -0.39 is 22.8 Å². The molecule has 4 nitrogen and oxygen atoms in total. The van der Waals surface area contributed by atoms with E-state index in [2.05, 4.69) is 4.98 Å². The SMILES string of the molecule is Cc1ncc2c(c1F)O[C@H]1C[C@@H]2N(C(=O)C23CCC(C(F)(F)F)(CC2)C3)C1. The van der Waals surface area contributed by atoms with Crippen LogP contribution in [0.25, 0.3) is 0 Å². The fourth-order valence-electron chi connectivity index (χ4n) is 5.68. The summed E-state index contributed by atoms with van der Waals surface area (Å²) in [4.78, 5) is 19.1. The molecule has 0 unspecified atom stereocenters. The number of hydrogen-bond acceptors (Lipinski definition) is 3. The number of carbonyl (C=O) groups is 1. The summed E-state index contributed by atoms with van der Waals surface area (Å²) in [5, 5.41) is 0. The second-order valence-electron chi connectivity index (χ2n) is 8.63. The molecule has 27 heavy (non-hydrogen) atoms. The van der Waals surface area contributed by atoms with Crippen molar-refractivity contribution in [2.75, 3.05) is 6.54 Å². The number of nitrogens with zero attached hydrogens (tertiary/aromatic N) is 2.